The van der Waals surface area contributed by atoms with Gasteiger partial charge in [-0.15, -0.1) is 0 Å². The van der Waals surface area contributed by atoms with Crippen molar-refractivity contribution in [3.8, 4) is 5.75 Å². The molecule has 4 aliphatic rings. The Labute approximate surface area is 211 Å². The molecule has 1 aromatic rings. The van der Waals surface area contributed by atoms with Gasteiger partial charge < -0.3 is 14.4 Å². The Morgan fingerprint density at radius 1 is 0.971 bits per heavy atom. The fraction of sp³-hybridized carbons (Fsp3) is 0.793. The predicted octanol–water partition coefficient (Wildman–Crippen LogP) is 4.89. The van der Waals surface area contributed by atoms with Crippen molar-refractivity contribution in [1.29, 1.82) is 0 Å². The summed E-state index contributed by atoms with van der Waals surface area (Å²) in [4.78, 5) is 22.4. The van der Waals surface area contributed by atoms with Crippen LogP contribution in [0.25, 0.3) is 0 Å². The van der Waals surface area contributed by atoms with E-state index < -0.39 is 0 Å². The van der Waals surface area contributed by atoms with Crippen LogP contribution < -0.4 is 9.64 Å². The molecular weight excluding hydrogens is 438 g/mol. The smallest absolute Gasteiger partial charge is 0.171 e. The average Bonchev–Trinajstić information content (AvgIpc) is 3.38. The van der Waals surface area contributed by atoms with Gasteiger partial charge in [0, 0.05) is 64.3 Å². The summed E-state index contributed by atoms with van der Waals surface area (Å²) in [6, 6.07) is 2.10. The number of ether oxygens (including phenoxy) is 2. The van der Waals surface area contributed by atoms with Gasteiger partial charge in [-0.2, -0.15) is 0 Å². The summed E-state index contributed by atoms with van der Waals surface area (Å²) >= 11 is 0. The van der Waals surface area contributed by atoms with Crippen molar-refractivity contribution in [3.05, 3.63) is 17.8 Å². The standard InChI is InChI=1S/C29H45N3O3/c1-34-27-8-6-24(7-9-27)21-26(33)20-23-4-2-22(3-5-23)11-14-31-15-17-32(18-16-31)29-28-25(10-13-30-29)12-19-35-28/h10,13,22-24,27H,2-9,11-12,14-21H2,1H3. The molecule has 0 amide bonds. The molecule has 0 radical (unpaired) electrons. The number of nitrogens with zero attached hydrogens (tertiary/aromatic N) is 3. The van der Waals surface area contributed by atoms with Crippen LogP contribution in [-0.2, 0) is 16.0 Å². The van der Waals surface area contributed by atoms with Crippen LogP contribution in [0.2, 0.25) is 0 Å². The largest absolute Gasteiger partial charge is 0.489 e. The first-order valence-corrected chi connectivity index (χ1v) is 14.3. The van der Waals surface area contributed by atoms with E-state index in [0.717, 1.165) is 82.4 Å². The van der Waals surface area contributed by atoms with Crippen molar-refractivity contribution >= 4 is 11.6 Å². The number of pyridine rings is 1. The summed E-state index contributed by atoms with van der Waals surface area (Å²) in [5.74, 6) is 4.69. The lowest BCUT2D eigenvalue weighted by Gasteiger charge is -2.37. The molecule has 6 nitrogen and oxygen atoms in total. The van der Waals surface area contributed by atoms with Crippen molar-refractivity contribution in [2.24, 2.45) is 17.8 Å². The minimum Gasteiger partial charge on any atom is -0.489 e. The number of ketones is 1. The maximum Gasteiger partial charge on any atom is 0.171 e. The van der Waals surface area contributed by atoms with E-state index in [1.807, 2.05) is 13.3 Å². The fourth-order valence-electron chi connectivity index (χ4n) is 6.89. The van der Waals surface area contributed by atoms with Crippen molar-refractivity contribution in [2.75, 3.05) is 51.3 Å². The van der Waals surface area contributed by atoms with Gasteiger partial charge in [-0.05, 0) is 75.3 Å². The molecule has 2 aliphatic heterocycles. The monoisotopic (exact) mass is 483 g/mol. The Morgan fingerprint density at radius 3 is 2.31 bits per heavy atom. The summed E-state index contributed by atoms with van der Waals surface area (Å²) in [5.41, 5.74) is 1.31. The second-order valence-electron chi connectivity index (χ2n) is 11.6. The number of methoxy groups -OCH3 is 1. The Kier molecular flexibility index (Phi) is 8.61. The lowest BCUT2D eigenvalue weighted by Crippen LogP contribution is -2.47. The molecular formula is C29H45N3O3. The quantitative estimate of drug-likeness (QED) is 0.499. The molecule has 5 rings (SSSR count). The second kappa shape index (κ2) is 12.1. The van der Waals surface area contributed by atoms with Gasteiger partial charge in [0.1, 0.15) is 5.78 Å². The van der Waals surface area contributed by atoms with Gasteiger partial charge in [0.2, 0.25) is 0 Å². The number of carbonyl (C=O) groups is 1. The third kappa shape index (κ3) is 6.56. The molecule has 0 N–H and O–H groups in total. The molecule has 3 heterocycles. The van der Waals surface area contributed by atoms with E-state index in [1.54, 1.807) is 0 Å². The summed E-state index contributed by atoms with van der Waals surface area (Å²) in [7, 11) is 1.82. The summed E-state index contributed by atoms with van der Waals surface area (Å²) in [5, 5.41) is 0. The van der Waals surface area contributed by atoms with Gasteiger partial charge in [-0.3, -0.25) is 9.69 Å². The number of rotatable bonds is 9. The summed E-state index contributed by atoms with van der Waals surface area (Å²) in [6.45, 7) is 6.30. The fourth-order valence-corrected chi connectivity index (χ4v) is 6.89. The average molecular weight is 484 g/mol. The highest BCUT2D eigenvalue weighted by atomic mass is 16.5. The van der Waals surface area contributed by atoms with Crippen molar-refractivity contribution in [2.45, 2.75) is 83.2 Å². The number of piperazine rings is 1. The maximum absolute atomic E-state index is 12.7. The number of Topliss-reactive ketones (excluding diaryl/α,β-unsaturated/α-hetero) is 1. The number of aromatic nitrogens is 1. The van der Waals surface area contributed by atoms with E-state index in [0.29, 0.717) is 23.7 Å². The first-order valence-electron chi connectivity index (χ1n) is 14.3. The van der Waals surface area contributed by atoms with Crippen molar-refractivity contribution < 1.29 is 14.3 Å². The molecule has 0 aromatic carbocycles. The van der Waals surface area contributed by atoms with Crippen LogP contribution in [-0.4, -0.2) is 68.2 Å². The molecule has 0 spiro atoms. The Morgan fingerprint density at radius 2 is 1.63 bits per heavy atom. The van der Waals surface area contributed by atoms with Gasteiger partial charge >= 0.3 is 0 Å². The first kappa shape index (κ1) is 25.0. The van der Waals surface area contributed by atoms with E-state index in [-0.39, 0.29) is 0 Å². The number of hydrogen-bond donors (Lipinski definition) is 0. The van der Waals surface area contributed by atoms with Crippen LogP contribution in [0.15, 0.2) is 12.3 Å². The molecule has 0 unspecified atom stereocenters. The highest BCUT2D eigenvalue weighted by Crippen LogP contribution is 2.36. The molecule has 2 saturated carbocycles. The van der Waals surface area contributed by atoms with Gasteiger partial charge in [0.25, 0.3) is 0 Å². The number of carbonyl (C=O) groups excluding carboxylic acids is 1. The van der Waals surface area contributed by atoms with E-state index in [1.165, 1.54) is 57.1 Å². The van der Waals surface area contributed by atoms with Crippen LogP contribution in [0.1, 0.15) is 76.2 Å². The lowest BCUT2D eigenvalue weighted by atomic mass is 9.77. The maximum atomic E-state index is 12.7. The minimum absolute atomic E-state index is 0.427. The van der Waals surface area contributed by atoms with Crippen molar-refractivity contribution in [1.82, 2.24) is 9.88 Å². The van der Waals surface area contributed by atoms with E-state index in [2.05, 4.69) is 20.9 Å². The van der Waals surface area contributed by atoms with E-state index in [9.17, 15) is 4.79 Å². The zero-order valence-electron chi connectivity index (χ0n) is 21.8. The van der Waals surface area contributed by atoms with Crippen LogP contribution in [0.4, 0.5) is 5.82 Å². The van der Waals surface area contributed by atoms with Gasteiger partial charge in [-0.1, -0.05) is 12.8 Å². The van der Waals surface area contributed by atoms with Crippen LogP contribution in [0, 0.1) is 17.8 Å². The second-order valence-corrected chi connectivity index (χ2v) is 11.6. The van der Waals surface area contributed by atoms with Crippen molar-refractivity contribution in [3.63, 3.8) is 0 Å². The van der Waals surface area contributed by atoms with Gasteiger partial charge in [0.05, 0.1) is 12.7 Å². The first-order chi connectivity index (χ1) is 17.2. The molecule has 0 atom stereocenters. The van der Waals surface area contributed by atoms with Gasteiger partial charge in [0.15, 0.2) is 11.6 Å². The van der Waals surface area contributed by atoms with Crippen LogP contribution >= 0.6 is 0 Å². The lowest BCUT2D eigenvalue weighted by molar-refractivity contribution is -0.121. The number of hydrogen-bond acceptors (Lipinski definition) is 6. The Balaban J connectivity index is 0.963. The zero-order valence-corrected chi connectivity index (χ0v) is 21.8. The Hall–Kier alpha value is -1.66. The third-order valence-electron chi connectivity index (χ3n) is 9.24. The zero-order chi connectivity index (χ0) is 24.0. The molecule has 0 bridgehead atoms. The molecule has 2 aliphatic carbocycles. The normalized spacial score (nSPS) is 29.6. The van der Waals surface area contributed by atoms with E-state index >= 15 is 0 Å². The number of anilines is 1. The molecule has 35 heavy (non-hydrogen) atoms. The Bertz CT molecular complexity index is 822. The number of fused-ring (bicyclic) bond motifs is 1. The summed E-state index contributed by atoms with van der Waals surface area (Å²) < 4.78 is 11.3. The van der Waals surface area contributed by atoms with Crippen LogP contribution in [0.5, 0.6) is 5.75 Å². The highest BCUT2D eigenvalue weighted by molar-refractivity contribution is 5.78. The van der Waals surface area contributed by atoms with Crippen LogP contribution in [0.3, 0.4) is 0 Å². The molecule has 194 valence electrons. The minimum atomic E-state index is 0.427. The topological polar surface area (TPSA) is 54.9 Å². The van der Waals surface area contributed by atoms with E-state index in [4.69, 9.17) is 9.47 Å². The molecule has 6 heteroatoms. The SMILES string of the molecule is COC1CCC(CC(=O)CC2CCC(CCN3CCN(c4nccc5c4OCC5)CC3)CC2)CC1. The molecule has 1 aromatic heterocycles. The highest BCUT2D eigenvalue weighted by Gasteiger charge is 2.28. The molecule has 1 saturated heterocycles. The predicted molar refractivity (Wildman–Crippen MR) is 139 cm³/mol. The third-order valence-corrected chi connectivity index (χ3v) is 9.24. The molecule has 3 fully saturated rings. The van der Waals surface area contributed by atoms with Gasteiger partial charge in [-0.25, -0.2) is 4.98 Å². The summed E-state index contributed by atoms with van der Waals surface area (Å²) in [6.07, 6.45) is 16.1.